The Hall–Kier alpha value is -0.790. The van der Waals surface area contributed by atoms with Gasteiger partial charge in [0, 0.05) is 0 Å². The molecule has 68 valence electrons. The van der Waals surface area contributed by atoms with Gasteiger partial charge in [-0.15, -0.1) is 0 Å². The summed E-state index contributed by atoms with van der Waals surface area (Å²) in [6.45, 7) is 0. The van der Waals surface area contributed by atoms with E-state index in [0.29, 0.717) is 6.42 Å². The van der Waals surface area contributed by atoms with Gasteiger partial charge in [-0.25, -0.2) is 4.39 Å². The quantitative estimate of drug-likeness (QED) is 0.570. The second kappa shape index (κ2) is 2.61. The van der Waals surface area contributed by atoms with Crippen molar-refractivity contribution in [2.45, 2.75) is 31.6 Å². The van der Waals surface area contributed by atoms with Gasteiger partial charge in [-0.1, -0.05) is 6.42 Å². The molecular formula is C7H7F4N. The van der Waals surface area contributed by atoms with E-state index in [1.54, 1.807) is 0 Å². The number of halogens is 4. The molecule has 0 heterocycles. The van der Waals surface area contributed by atoms with Gasteiger partial charge in [0.15, 0.2) is 0 Å². The first-order valence-corrected chi connectivity index (χ1v) is 3.54. The predicted octanol–water partition coefficient (Wildman–Crippen LogP) is 2.58. The number of hydrogen-bond acceptors (Lipinski definition) is 1. The molecule has 0 aliphatic heterocycles. The van der Waals surface area contributed by atoms with E-state index in [1.165, 1.54) is 6.07 Å². The van der Waals surface area contributed by atoms with E-state index in [0.717, 1.165) is 0 Å². The third-order valence-corrected chi connectivity index (χ3v) is 2.24. The second-order valence-corrected chi connectivity index (χ2v) is 3.03. The van der Waals surface area contributed by atoms with E-state index in [9.17, 15) is 17.6 Å². The van der Waals surface area contributed by atoms with Crippen LogP contribution in [0.1, 0.15) is 19.3 Å². The van der Waals surface area contributed by atoms with Gasteiger partial charge in [-0.05, 0) is 12.8 Å². The molecule has 0 N–H and O–H groups in total. The molecule has 1 atom stereocenters. The van der Waals surface area contributed by atoms with Gasteiger partial charge in [0.1, 0.15) is 0 Å². The highest BCUT2D eigenvalue weighted by Crippen LogP contribution is 2.49. The molecule has 1 nitrogen and oxygen atoms in total. The largest absolute Gasteiger partial charge is 0.421 e. The van der Waals surface area contributed by atoms with Crippen LogP contribution in [0.5, 0.6) is 0 Å². The normalized spacial score (nSPS) is 23.9. The van der Waals surface area contributed by atoms with E-state index in [4.69, 9.17) is 5.26 Å². The first kappa shape index (κ1) is 9.30. The fraction of sp³-hybridized carbons (Fsp3) is 0.857. The molecule has 0 aromatic carbocycles. The van der Waals surface area contributed by atoms with Crippen LogP contribution in [0.3, 0.4) is 0 Å². The van der Waals surface area contributed by atoms with Crippen molar-refractivity contribution in [3.05, 3.63) is 0 Å². The van der Waals surface area contributed by atoms with Crippen LogP contribution < -0.4 is 0 Å². The van der Waals surface area contributed by atoms with Gasteiger partial charge >= 0.3 is 6.18 Å². The van der Waals surface area contributed by atoms with Crippen LogP contribution in [0.15, 0.2) is 0 Å². The van der Waals surface area contributed by atoms with Crippen molar-refractivity contribution in [3.8, 4) is 6.07 Å². The predicted molar refractivity (Wildman–Crippen MR) is 32.8 cm³/mol. The molecule has 1 unspecified atom stereocenters. The number of alkyl halides is 4. The Bertz CT molecular complexity index is 210. The summed E-state index contributed by atoms with van der Waals surface area (Å²) in [5.41, 5.74) is -1.78. The monoisotopic (exact) mass is 181 g/mol. The third-order valence-electron chi connectivity index (χ3n) is 2.24. The number of hydrogen-bond donors (Lipinski definition) is 0. The molecule has 0 radical (unpaired) electrons. The zero-order valence-corrected chi connectivity index (χ0v) is 6.16. The Balaban J connectivity index is 2.75. The number of rotatable bonds is 1. The maximum Gasteiger partial charge on any atom is 0.421 e. The zero-order valence-electron chi connectivity index (χ0n) is 6.16. The molecule has 0 aromatic rings. The average Bonchev–Trinajstić information content (AvgIpc) is 1.84. The smallest absolute Gasteiger partial charge is 0.236 e. The average molecular weight is 181 g/mol. The van der Waals surface area contributed by atoms with Gasteiger partial charge in [0.2, 0.25) is 6.17 Å². The first-order valence-electron chi connectivity index (χ1n) is 3.54. The zero-order chi connectivity index (χ0) is 9.41. The van der Waals surface area contributed by atoms with Gasteiger partial charge in [-0.2, -0.15) is 18.4 Å². The summed E-state index contributed by atoms with van der Waals surface area (Å²) >= 11 is 0. The van der Waals surface area contributed by atoms with Gasteiger partial charge in [0.05, 0.1) is 11.5 Å². The maximum absolute atomic E-state index is 12.7. The van der Waals surface area contributed by atoms with E-state index < -0.39 is 17.8 Å². The van der Waals surface area contributed by atoms with Crippen LogP contribution in [-0.2, 0) is 0 Å². The molecule has 0 spiro atoms. The molecule has 1 rings (SSSR count). The topological polar surface area (TPSA) is 23.8 Å². The minimum atomic E-state index is -4.89. The summed E-state index contributed by atoms with van der Waals surface area (Å²) in [5.74, 6) is 0. The lowest BCUT2D eigenvalue weighted by Gasteiger charge is -2.38. The molecule has 0 aromatic heterocycles. The highest BCUT2D eigenvalue weighted by molar-refractivity contribution is 5.10. The van der Waals surface area contributed by atoms with Crippen LogP contribution in [0, 0.1) is 16.7 Å². The van der Waals surface area contributed by atoms with Crippen LogP contribution >= 0.6 is 0 Å². The van der Waals surface area contributed by atoms with Crippen LogP contribution in [-0.4, -0.2) is 12.3 Å². The molecule has 0 bridgehead atoms. The van der Waals surface area contributed by atoms with Crippen molar-refractivity contribution in [3.63, 3.8) is 0 Å². The third kappa shape index (κ3) is 1.26. The molecular weight excluding hydrogens is 174 g/mol. The SMILES string of the molecule is N#CC1(C(F)C(F)(F)F)CCC1. The molecule has 1 fully saturated rings. The fourth-order valence-electron chi connectivity index (χ4n) is 1.29. The second-order valence-electron chi connectivity index (χ2n) is 3.03. The summed E-state index contributed by atoms with van der Waals surface area (Å²) in [6.07, 6.45) is -7.34. The molecule has 1 aliphatic rings. The Morgan fingerprint density at radius 2 is 1.83 bits per heavy atom. The van der Waals surface area contributed by atoms with Crippen molar-refractivity contribution in [1.82, 2.24) is 0 Å². The lowest BCUT2D eigenvalue weighted by atomic mass is 9.66. The van der Waals surface area contributed by atoms with Crippen LogP contribution in [0.2, 0.25) is 0 Å². The highest BCUT2D eigenvalue weighted by Gasteiger charge is 2.57. The molecule has 12 heavy (non-hydrogen) atoms. The Labute approximate surface area is 67.0 Å². The summed E-state index contributed by atoms with van der Waals surface area (Å²) < 4.78 is 48.1. The number of nitrogens with zero attached hydrogens (tertiary/aromatic N) is 1. The minimum absolute atomic E-state index is 0.0180. The fourth-order valence-corrected chi connectivity index (χ4v) is 1.29. The van der Waals surface area contributed by atoms with Crippen molar-refractivity contribution in [1.29, 1.82) is 5.26 Å². The summed E-state index contributed by atoms with van der Waals surface area (Å²) in [5, 5.41) is 8.38. The summed E-state index contributed by atoms with van der Waals surface area (Å²) in [4.78, 5) is 0. The first-order chi connectivity index (χ1) is 5.42. The van der Waals surface area contributed by atoms with Crippen molar-refractivity contribution in [2.75, 3.05) is 0 Å². The summed E-state index contributed by atoms with van der Waals surface area (Å²) in [6, 6.07) is 1.43. The lowest BCUT2D eigenvalue weighted by Crippen LogP contribution is -2.45. The van der Waals surface area contributed by atoms with Gasteiger partial charge in [-0.3, -0.25) is 0 Å². The molecule has 0 saturated heterocycles. The van der Waals surface area contributed by atoms with E-state index in [2.05, 4.69) is 0 Å². The van der Waals surface area contributed by atoms with Crippen LogP contribution in [0.4, 0.5) is 17.6 Å². The molecule has 1 saturated carbocycles. The van der Waals surface area contributed by atoms with Crippen molar-refractivity contribution >= 4 is 0 Å². The molecule has 1 aliphatic carbocycles. The van der Waals surface area contributed by atoms with Crippen molar-refractivity contribution in [2.24, 2.45) is 5.41 Å². The lowest BCUT2D eigenvalue weighted by molar-refractivity contribution is -0.214. The van der Waals surface area contributed by atoms with E-state index in [1.807, 2.05) is 0 Å². The van der Waals surface area contributed by atoms with Gasteiger partial charge < -0.3 is 0 Å². The standard InChI is InChI=1S/C7H7F4N/c8-5(7(9,10)11)6(4-12)2-1-3-6/h5H,1-3H2. The minimum Gasteiger partial charge on any atom is -0.236 e. The summed E-state index contributed by atoms with van der Waals surface area (Å²) in [7, 11) is 0. The number of nitriles is 1. The van der Waals surface area contributed by atoms with E-state index in [-0.39, 0.29) is 12.8 Å². The molecule has 0 amide bonds. The van der Waals surface area contributed by atoms with Crippen molar-refractivity contribution < 1.29 is 17.6 Å². The van der Waals surface area contributed by atoms with Gasteiger partial charge in [0.25, 0.3) is 0 Å². The highest BCUT2D eigenvalue weighted by atomic mass is 19.4. The molecule has 5 heteroatoms. The Morgan fingerprint density at radius 1 is 1.33 bits per heavy atom. The Kier molecular flexibility index (Phi) is 2.02. The Morgan fingerprint density at radius 3 is 1.92 bits per heavy atom. The maximum atomic E-state index is 12.7. The van der Waals surface area contributed by atoms with Crippen LogP contribution in [0.25, 0.3) is 0 Å². The van der Waals surface area contributed by atoms with E-state index >= 15 is 0 Å².